The third-order valence-corrected chi connectivity index (χ3v) is 8.68. The number of nitrogens with one attached hydrogen (secondary N) is 2. The Morgan fingerprint density at radius 1 is 0.884 bits per heavy atom. The SMILES string of the molecule is C=C(Cc1ccccc1)[C@H]1CCCC[C@@H]1NC(=O)Cn1nc(C=O)cc1C(=O)N[C@H]1CCCC[C@@H]1OCc1ccccc1. The van der Waals surface area contributed by atoms with Crippen molar-refractivity contribution in [3.05, 3.63) is 101 Å². The van der Waals surface area contributed by atoms with Crippen LogP contribution in [0.15, 0.2) is 78.9 Å². The lowest BCUT2D eigenvalue weighted by molar-refractivity contribution is -0.123. The summed E-state index contributed by atoms with van der Waals surface area (Å²) in [7, 11) is 0. The third-order valence-electron chi connectivity index (χ3n) is 8.68. The number of hydrogen-bond donors (Lipinski definition) is 2. The van der Waals surface area contributed by atoms with E-state index in [1.165, 1.54) is 16.3 Å². The molecular formula is C35H42N4O4. The Kier molecular flexibility index (Phi) is 10.6. The zero-order valence-corrected chi connectivity index (χ0v) is 24.8. The second kappa shape index (κ2) is 14.9. The number of ether oxygens (including phenoxy) is 1. The molecule has 5 rings (SSSR count). The Labute approximate surface area is 253 Å². The van der Waals surface area contributed by atoms with Crippen LogP contribution in [0.4, 0.5) is 0 Å². The van der Waals surface area contributed by atoms with Gasteiger partial charge in [-0.05, 0) is 49.3 Å². The van der Waals surface area contributed by atoms with Gasteiger partial charge in [0.15, 0.2) is 6.29 Å². The standard InChI is InChI=1S/C35H42N4O4/c1-25(20-26-12-4-2-5-13-26)29-16-8-9-17-30(29)36-34(41)22-39-32(21-28(23-40)38-39)35(42)37-31-18-10-11-19-33(31)43-24-27-14-6-3-7-15-27/h2-7,12-15,21,23,29-31,33H,1,8-11,16-20,22,24H2,(H,36,41)(H,37,42)/t29-,30+,31+,33+/m1/s1. The molecule has 1 heterocycles. The van der Waals surface area contributed by atoms with Gasteiger partial charge in [-0.2, -0.15) is 5.10 Å². The van der Waals surface area contributed by atoms with Gasteiger partial charge >= 0.3 is 0 Å². The summed E-state index contributed by atoms with van der Waals surface area (Å²) in [6.45, 7) is 4.72. The first kappa shape index (κ1) is 30.4. The van der Waals surface area contributed by atoms with Crippen LogP contribution in [0.2, 0.25) is 0 Å². The van der Waals surface area contributed by atoms with Crippen LogP contribution in [0.25, 0.3) is 0 Å². The van der Waals surface area contributed by atoms with Crippen molar-refractivity contribution in [1.29, 1.82) is 0 Å². The van der Waals surface area contributed by atoms with Crippen molar-refractivity contribution in [1.82, 2.24) is 20.4 Å². The van der Waals surface area contributed by atoms with E-state index in [2.05, 4.69) is 34.4 Å². The maximum atomic E-state index is 13.5. The summed E-state index contributed by atoms with van der Waals surface area (Å²) in [5, 5.41) is 10.6. The first-order valence-corrected chi connectivity index (χ1v) is 15.5. The van der Waals surface area contributed by atoms with Crippen LogP contribution in [-0.4, -0.2) is 46.1 Å². The molecule has 1 aromatic heterocycles. The molecular weight excluding hydrogens is 540 g/mol. The minimum Gasteiger partial charge on any atom is -0.371 e. The van der Waals surface area contributed by atoms with Gasteiger partial charge in [-0.3, -0.25) is 14.4 Å². The van der Waals surface area contributed by atoms with Gasteiger partial charge < -0.3 is 15.4 Å². The molecule has 8 nitrogen and oxygen atoms in total. The number of carbonyl (C=O) groups excluding carboxylic acids is 3. The Morgan fingerprint density at radius 3 is 2.26 bits per heavy atom. The average Bonchev–Trinajstić information content (AvgIpc) is 3.44. The normalized spacial score (nSPS) is 22.0. The van der Waals surface area contributed by atoms with E-state index in [0.29, 0.717) is 12.9 Å². The summed E-state index contributed by atoms with van der Waals surface area (Å²) in [4.78, 5) is 38.4. The second-order valence-electron chi connectivity index (χ2n) is 11.8. The van der Waals surface area contributed by atoms with Crippen LogP contribution in [0.3, 0.4) is 0 Å². The number of nitrogens with zero attached hydrogens (tertiary/aromatic N) is 2. The van der Waals surface area contributed by atoms with E-state index in [0.717, 1.165) is 68.9 Å². The predicted molar refractivity (Wildman–Crippen MR) is 166 cm³/mol. The zero-order chi connectivity index (χ0) is 30.0. The van der Waals surface area contributed by atoms with Crippen molar-refractivity contribution < 1.29 is 19.1 Å². The van der Waals surface area contributed by atoms with Crippen molar-refractivity contribution in [2.24, 2.45) is 5.92 Å². The molecule has 2 aliphatic carbocycles. The molecule has 2 amide bonds. The van der Waals surface area contributed by atoms with Crippen molar-refractivity contribution in [3.8, 4) is 0 Å². The van der Waals surface area contributed by atoms with Gasteiger partial charge in [-0.25, -0.2) is 4.68 Å². The Balaban J connectivity index is 1.21. The number of rotatable bonds is 12. The highest BCUT2D eigenvalue weighted by Gasteiger charge is 2.31. The summed E-state index contributed by atoms with van der Waals surface area (Å²) in [5.41, 5.74) is 3.72. The van der Waals surface area contributed by atoms with E-state index in [9.17, 15) is 14.4 Å². The molecule has 3 aromatic rings. The van der Waals surface area contributed by atoms with E-state index >= 15 is 0 Å². The van der Waals surface area contributed by atoms with Gasteiger partial charge in [0.25, 0.3) is 5.91 Å². The highest BCUT2D eigenvalue weighted by atomic mass is 16.5. The maximum absolute atomic E-state index is 13.5. The van der Waals surface area contributed by atoms with Crippen molar-refractivity contribution in [2.45, 2.75) is 89.1 Å². The molecule has 0 saturated heterocycles. The summed E-state index contributed by atoms with van der Waals surface area (Å²) >= 11 is 0. The second-order valence-corrected chi connectivity index (χ2v) is 11.8. The van der Waals surface area contributed by atoms with Crippen LogP contribution in [-0.2, 0) is 29.1 Å². The zero-order valence-electron chi connectivity index (χ0n) is 24.8. The van der Waals surface area contributed by atoms with Crippen LogP contribution >= 0.6 is 0 Å². The number of hydrogen-bond acceptors (Lipinski definition) is 5. The van der Waals surface area contributed by atoms with E-state index in [4.69, 9.17) is 4.74 Å². The smallest absolute Gasteiger partial charge is 0.269 e. The predicted octanol–water partition coefficient (Wildman–Crippen LogP) is 5.43. The molecule has 2 aliphatic rings. The van der Waals surface area contributed by atoms with Crippen molar-refractivity contribution in [3.63, 3.8) is 0 Å². The first-order valence-electron chi connectivity index (χ1n) is 15.5. The minimum absolute atomic E-state index is 0.0272. The fourth-order valence-corrected chi connectivity index (χ4v) is 6.45. The van der Waals surface area contributed by atoms with Gasteiger partial charge in [0.05, 0.1) is 18.8 Å². The molecule has 0 radical (unpaired) electrons. The van der Waals surface area contributed by atoms with Gasteiger partial charge in [0.2, 0.25) is 5.91 Å². The molecule has 8 heteroatoms. The van der Waals surface area contributed by atoms with E-state index in [-0.39, 0.29) is 53.9 Å². The first-order chi connectivity index (χ1) is 21.0. The fraction of sp³-hybridized carbons (Fsp3) is 0.429. The number of aromatic nitrogens is 2. The van der Waals surface area contributed by atoms with Gasteiger partial charge in [-0.1, -0.05) is 98.5 Å². The van der Waals surface area contributed by atoms with Crippen LogP contribution < -0.4 is 10.6 Å². The molecule has 2 N–H and O–H groups in total. The summed E-state index contributed by atoms with van der Waals surface area (Å²) < 4.78 is 7.57. The molecule has 0 spiro atoms. The molecule has 2 saturated carbocycles. The number of amides is 2. The Hall–Kier alpha value is -4.04. The molecule has 4 atom stereocenters. The molecule has 0 aliphatic heterocycles. The summed E-state index contributed by atoms with van der Waals surface area (Å²) in [5.74, 6) is -0.413. The van der Waals surface area contributed by atoms with Gasteiger partial charge in [0.1, 0.15) is 17.9 Å². The summed E-state index contributed by atoms with van der Waals surface area (Å²) in [6, 6.07) is 21.5. The Bertz CT molecular complexity index is 1390. The highest BCUT2D eigenvalue weighted by molar-refractivity contribution is 5.94. The maximum Gasteiger partial charge on any atom is 0.269 e. The lowest BCUT2D eigenvalue weighted by Gasteiger charge is -2.34. The highest BCUT2D eigenvalue weighted by Crippen LogP contribution is 2.31. The van der Waals surface area contributed by atoms with Crippen LogP contribution in [0, 0.1) is 5.92 Å². The number of aldehydes is 1. The van der Waals surface area contributed by atoms with E-state index < -0.39 is 0 Å². The van der Waals surface area contributed by atoms with Crippen LogP contribution in [0.1, 0.15) is 83.5 Å². The monoisotopic (exact) mass is 582 g/mol. The minimum atomic E-state index is -0.361. The molecule has 2 fully saturated rings. The molecule has 226 valence electrons. The lowest BCUT2D eigenvalue weighted by Crippen LogP contribution is -2.47. The van der Waals surface area contributed by atoms with Crippen LogP contribution in [0.5, 0.6) is 0 Å². The van der Waals surface area contributed by atoms with Gasteiger partial charge in [-0.15, -0.1) is 0 Å². The number of benzene rings is 2. The van der Waals surface area contributed by atoms with E-state index in [1.807, 2.05) is 48.5 Å². The van der Waals surface area contributed by atoms with Gasteiger partial charge in [0, 0.05) is 12.0 Å². The van der Waals surface area contributed by atoms with E-state index in [1.54, 1.807) is 0 Å². The lowest BCUT2D eigenvalue weighted by atomic mass is 9.78. The molecule has 0 unspecified atom stereocenters. The Morgan fingerprint density at radius 2 is 1.53 bits per heavy atom. The quantitative estimate of drug-likeness (QED) is 0.219. The molecule has 2 aromatic carbocycles. The largest absolute Gasteiger partial charge is 0.371 e. The average molecular weight is 583 g/mol. The topological polar surface area (TPSA) is 102 Å². The molecule has 0 bridgehead atoms. The summed E-state index contributed by atoms with van der Waals surface area (Å²) in [6.07, 6.45) is 8.97. The van der Waals surface area contributed by atoms with Crippen molar-refractivity contribution in [2.75, 3.05) is 0 Å². The molecule has 43 heavy (non-hydrogen) atoms. The number of carbonyl (C=O) groups is 3. The fourth-order valence-electron chi connectivity index (χ4n) is 6.45. The third kappa shape index (κ3) is 8.29. The van der Waals surface area contributed by atoms with Crippen molar-refractivity contribution >= 4 is 18.1 Å².